The van der Waals surface area contributed by atoms with E-state index in [-0.39, 0.29) is 24.2 Å². The van der Waals surface area contributed by atoms with Crippen LogP contribution in [0.5, 0.6) is 0 Å². The van der Waals surface area contributed by atoms with Gasteiger partial charge >= 0.3 is 0 Å². The molecule has 2 amide bonds. The molecule has 2 saturated heterocycles. The van der Waals surface area contributed by atoms with Gasteiger partial charge in [-0.1, -0.05) is 12.1 Å². The van der Waals surface area contributed by atoms with E-state index in [4.69, 9.17) is 5.73 Å². The van der Waals surface area contributed by atoms with Gasteiger partial charge < -0.3 is 15.5 Å². The van der Waals surface area contributed by atoms with Crippen molar-refractivity contribution in [1.82, 2.24) is 14.7 Å². The molecule has 0 atom stereocenters. The number of likely N-dealkylation sites (tertiary alicyclic amines) is 1. The van der Waals surface area contributed by atoms with E-state index in [9.17, 15) is 9.59 Å². The predicted octanol–water partition coefficient (Wildman–Crippen LogP) is 0.947. The fourth-order valence-electron chi connectivity index (χ4n) is 3.36. The van der Waals surface area contributed by atoms with Crippen LogP contribution in [0.4, 0.5) is 0 Å². The summed E-state index contributed by atoms with van der Waals surface area (Å²) in [6, 6.07) is 7.44. The van der Waals surface area contributed by atoms with Crippen LogP contribution in [-0.2, 0) is 11.3 Å². The van der Waals surface area contributed by atoms with Gasteiger partial charge in [0.15, 0.2) is 0 Å². The van der Waals surface area contributed by atoms with Crippen molar-refractivity contribution in [3.05, 3.63) is 35.4 Å². The van der Waals surface area contributed by atoms with Crippen LogP contribution in [0, 0.1) is 0 Å². The lowest BCUT2D eigenvalue weighted by Crippen LogP contribution is -2.52. The van der Waals surface area contributed by atoms with Gasteiger partial charge in [-0.2, -0.15) is 0 Å². The third kappa shape index (κ3) is 4.93. The fourth-order valence-corrected chi connectivity index (χ4v) is 3.36. The average molecular weight is 367 g/mol. The molecule has 1 aromatic rings. The number of nitrogens with zero attached hydrogens (tertiary/aromatic N) is 3. The number of amides is 2. The molecule has 0 aromatic heterocycles. The van der Waals surface area contributed by atoms with E-state index < -0.39 is 0 Å². The van der Waals surface area contributed by atoms with Crippen molar-refractivity contribution in [1.29, 1.82) is 0 Å². The molecule has 0 spiro atoms. The highest BCUT2D eigenvalue weighted by atomic mass is 35.5. The molecule has 25 heavy (non-hydrogen) atoms. The SMILES string of the molecule is Cl.NCc1ccc(C(=O)N2CCN(C(=O)CN3CCCC3)CC2)cc1. The Labute approximate surface area is 155 Å². The van der Waals surface area contributed by atoms with Gasteiger partial charge in [-0.05, 0) is 43.6 Å². The molecule has 0 radical (unpaired) electrons. The van der Waals surface area contributed by atoms with Crippen LogP contribution < -0.4 is 5.73 Å². The van der Waals surface area contributed by atoms with Gasteiger partial charge in [0.2, 0.25) is 5.91 Å². The maximum absolute atomic E-state index is 12.5. The molecule has 3 rings (SSSR count). The highest BCUT2D eigenvalue weighted by Gasteiger charge is 2.26. The van der Waals surface area contributed by atoms with Gasteiger partial charge in [0.1, 0.15) is 0 Å². The minimum atomic E-state index is 0. The molecule has 2 aliphatic heterocycles. The summed E-state index contributed by atoms with van der Waals surface area (Å²) >= 11 is 0. The molecule has 1 aromatic carbocycles. The Morgan fingerprint density at radius 3 is 2.00 bits per heavy atom. The topological polar surface area (TPSA) is 69.9 Å². The maximum Gasteiger partial charge on any atom is 0.253 e. The van der Waals surface area contributed by atoms with E-state index in [0.29, 0.717) is 44.8 Å². The summed E-state index contributed by atoms with van der Waals surface area (Å²) in [6.07, 6.45) is 2.39. The van der Waals surface area contributed by atoms with Crippen molar-refractivity contribution in [3.63, 3.8) is 0 Å². The lowest BCUT2D eigenvalue weighted by atomic mass is 10.1. The number of rotatable bonds is 4. The van der Waals surface area contributed by atoms with Crippen molar-refractivity contribution >= 4 is 24.2 Å². The van der Waals surface area contributed by atoms with E-state index >= 15 is 0 Å². The van der Waals surface area contributed by atoms with Gasteiger partial charge in [-0.3, -0.25) is 14.5 Å². The standard InChI is InChI=1S/C18H26N4O2.ClH/c19-13-15-3-5-16(6-4-15)18(24)22-11-9-21(10-12-22)17(23)14-20-7-1-2-8-20;/h3-6H,1-2,7-14,19H2;1H. The first-order valence-corrected chi connectivity index (χ1v) is 8.76. The average Bonchev–Trinajstić information content (AvgIpc) is 3.14. The number of piperazine rings is 1. The minimum Gasteiger partial charge on any atom is -0.338 e. The van der Waals surface area contributed by atoms with Crippen LogP contribution in [0.2, 0.25) is 0 Å². The summed E-state index contributed by atoms with van der Waals surface area (Å²) < 4.78 is 0. The Hall–Kier alpha value is -1.63. The van der Waals surface area contributed by atoms with Crippen LogP contribution in [0.15, 0.2) is 24.3 Å². The molecular weight excluding hydrogens is 340 g/mol. The number of carbonyl (C=O) groups is 2. The van der Waals surface area contributed by atoms with Crippen molar-refractivity contribution in [2.24, 2.45) is 5.73 Å². The molecule has 2 aliphatic rings. The second kappa shape index (κ2) is 9.17. The Balaban J connectivity index is 0.00000225. The Kier molecular flexibility index (Phi) is 7.23. The molecular formula is C18H27ClN4O2. The van der Waals surface area contributed by atoms with Crippen LogP contribution in [0.1, 0.15) is 28.8 Å². The number of nitrogens with two attached hydrogens (primary N) is 1. The number of halogens is 1. The monoisotopic (exact) mass is 366 g/mol. The van der Waals surface area contributed by atoms with Gasteiger partial charge in [0.05, 0.1) is 6.54 Å². The molecule has 6 nitrogen and oxygen atoms in total. The Morgan fingerprint density at radius 1 is 0.880 bits per heavy atom. The summed E-state index contributed by atoms with van der Waals surface area (Å²) in [5.41, 5.74) is 7.29. The molecule has 7 heteroatoms. The number of benzene rings is 1. The summed E-state index contributed by atoms with van der Waals surface area (Å²) in [5.74, 6) is 0.224. The largest absolute Gasteiger partial charge is 0.338 e. The lowest BCUT2D eigenvalue weighted by Gasteiger charge is -2.35. The zero-order chi connectivity index (χ0) is 16.9. The van der Waals surface area contributed by atoms with E-state index in [2.05, 4.69) is 4.90 Å². The maximum atomic E-state index is 12.5. The first-order chi connectivity index (χ1) is 11.7. The lowest BCUT2D eigenvalue weighted by molar-refractivity contribution is -0.133. The first kappa shape index (κ1) is 19.7. The second-order valence-corrected chi connectivity index (χ2v) is 6.56. The van der Waals surface area contributed by atoms with Gasteiger partial charge in [0, 0.05) is 38.3 Å². The van der Waals surface area contributed by atoms with Crippen molar-refractivity contribution in [2.75, 3.05) is 45.8 Å². The number of hydrogen-bond donors (Lipinski definition) is 1. The van der Waals surface area contributed by atoms with Crippen LogP contribution >= 0.6 is 12.4 Å². The zero-order valence-corrected chi connectivity index (χ0v) is 15.3. The predicted molar refractivity (Wildman–Crippen MR) is 99.7 cm³/mol. The van der Waals surface area contributed by atoms with Crippen molar-refractivity contribution in [3.8, 4) is 0 Å². The zero-order valence-electron chi connectivity index (χ0n) is 14.5. The van der Waals surface area contributed by atoms with E-state index in [1.54, 1.807) is 0 Å². The van der Waals surface area contributed by atoms with Gasteiger partial charge in [0.25, 0.3) is 5.91 Å². The summed E-state index contributed by atoms with van der Waals surface area (Å²) in [4.78, 5) is 30.8. The third-order valence-corrected chi connectivity index (χ3v) is 4.91. The molecule has 0 saturated carbocycles. The smallest absolute Gasteiger partial charge is 0.253 e. The highest BCUT2D eigenvalue weighted by Crippen LogP contribution is 2.12. The molecule has 0 aliphatic carbocycles. The molecule has 0 unspecified atom stereocenters. The summed E-state index contributed by atoms with van der Waals surface area (Å²) in [6.45, 7) is 5.51. The molecule has 0 bridgehead atoms. The molecule has 2 heterocycles. The van der Waals surface area contributed by atoms with E-state index in [1.165, 1.54) is 12.8 Å². The molecule has 138 valence electrons. The Morgan fingerprint density at radius 2 is 1.44 bits per heavy atom. The van der Waals surface area contributed by atoms with Crippen LogP contribution in [0.3, 0.4) is 0 Å². The van der Waals surface area contributed by atoms with Gasteiger partial charge in [-0.25, -0.2) is 0 Å². The normalized spacial score (nSPS) is 18.1. The number of hydrogen-bond acceptors (Lipinski definition) is 4. The third-order valence-electron chi connectivity index (χ3n) is 4.91. The quantitative estimate of drug-likeness (QED) is 0.861. The van der Waals surface area contributed by atoms with E-state index in [0.717, 1.165) is 18.7 Å². The minimum absolute atomic E-state index is 0. The fraction of sp³-hybridized carbons (Fsp3) is 0.556. The Bertz CT molecular complexity index is 579. The van der Waals surface area contributed by atoms with Crippen LogP contribution in [-0.4, -0.2) is 72.3 Å². The number of carbonyl (C=O) groups excluding carboxylic acids is 2. The van der Waals surface area contributed by atoms with Crippen molar-refractivity contribution in [2.45, 2.75) is 19.4 Å². The van der Waals surface area contributed by atoms with Gasteiger partial charge in [-0.15, -0.1) is 12.4 Å². The molecule has 2 fully saturated rings. The van der Waals surface area contributed by atoms with Crippen molar-refractivity contribution < 1.29 is 9.59 Å². The highest BCUT2D eigenvalue weighted by molar-refractivity contribution is 5.94. The second-order valence-electron chi connectivity index (χ2n) is 6.56. The van der Waals surface area contributed by atoms with Crippen LogP contribution in [0.25, 0.3) is 0 Å². The first-order valence-electron chi connectivity index (χ1n) is 8.76. The summed E-state index contributed by atoms with van der Waals surface area (Å²) in [7, 11) is 0. The van der Waals surface area contributed by atoms with E-state index in [1.807, 2.05) is 34.1 Å². The summed E-state index contributed by atoms with van der Waals surface area (Å²) in [5, 5.41) is 0. The molecule has 2 N–H and O–H groups in total.